The van der Waals surface area contributed by atoms with Gasteiger partial charge in [-0.15, -0.1) is 11.8 Å². The molecule has 0 saturated carbocycles. The minimum absolute atomic E-state index is 0.0281. The van der Waals surface area contributed by atoms with E-state index in [-0.39, 0.29) is 41.3 Å². The van der Waals surface area contributed by atoms with Crippen LogP contribution in [0.3, 0.4) is 0 Å². The Morgan fingerprint density at radius 2 is 1.84 bits per heavy atom. The summed E-state index contributed by atoms with van der Waals surface area (Å²) in [5.74, 6) is -1.16. The monoisotopic (exact) mass is 541 g/mol. The number of carboxylic acids is 1. The topological polar surface area (TPSA) is 143 Å². The number of fused-ring (bicyclic) bond motifs is 1. The van der Waals surface area contributed by atoms with Crippen LogP contribution in [0.5, 0.6) is 5.75 Å². The number of carboxylic acid groups (broad SMARTS) is 1. The van der Waals surface area contributed by atoms with Crippen molar-refractivity contribution in [2.75, 3.05) is 11.5 Å². The fraction of sp³-hybridized carbons (Fsp3) is 0.308. The predicted octanol–water partition coefficient (Wildman–Crippen LogP) is 3.25. The van der Waals surface area contributed by atoms with Crippen LogP contribution in [-0.4, -0.2) is 66.2 Å². The summed E-state index contributed by atoms with van der Waals surface area (Å²) in [7, 11) is 0. The molecule has 0 radical (unpaired) electrons. The Labute approximate surface area is 222 Å². The van der Waals surface area contributed by atoms with E-state index in [1.165, 1.54) is 34.2 Å². The van der Waals surface area contributed by atoms with Crippen molar-refractivity contribution in [1.29, 1.82) is 0 Å². The average Bonchev–Trinajstić information content (AvgIpc) is 3.46. The maximum atomic E-state index is 13.9. The van der Waals surface area contributed by atoms with Gasteiger partial charge in [0.25, 0.3) is 5.91 Å². The van der Waals surface area contributed by atoms with E-state index >= 15 is 0 Å². The van der Waals surface area contributed by atoms with Crippen LogP contribution in [0.1, 0.15) is 34.6 Å². The number of phenolic OH excluding ortho intramolecular Hbond substituents is 1. The standard InChI is InChI=1S/C26H27N3O6S2/c1-15(30)36-11-10-23(32)29-21(14-37-25(29)18-7-3-5-9-22(18)31)24(33)28-13-16(12-19(27)26(34)35)17-6-2-4-8-20(17)28/h2-9,13,19,21,25,31H,10-12,14,27H2,1H3,(H,34,35)/t19-,21-,25+/m0/s1. The zero-order valence-electron chi connectivity index (χ0n) is 20.1. The van der Waals surface area contributed by atoms with Gasteiger partial charge in [-0.05, 0) is 17.7 Å². The number of aliphatic carboxylic acids is 1. The molecule has 4 N–H and O–H groups in total. The lowest BCUT2D eigenvalue weighted by molar-refractivity contribution is -0.138. The van der Waals surface area contributed by atoms with Crippen molar-refractivity contribution in [3.05, 3.63) is 65.9 Å². The van der Waals surface area contributed by atoms with Gasteiger partial charge in [0.05, 0.1) is 5.52 Å². The highest BCUT2D eigenvalue weighted by Crippen LogP contribution is 2.45. The molecule has 3 aromatic rings. The third-order valence-corrected chi connectivity index (χ3v) is 8.31. The van der Waals surface area contributed by atoms with E-state index in [0.717, 1.165) is 11.8 Å². The molecule has 0 aliphatic carbocycles. The summed E-state index contributed by atoms with van der Waals surface area (Å²) in [6, 6.07) is 11.9. The molecule has 3 atom stereocenters. The van der Waals surface area contributed by atoms with Crippen molar-refractivity contribution in [2.45, 2.75) is 37.2 Å². The minimum Gasteiger partial charge on any atom is -0.508 e. The van der Waals surface area contributed by atoms with Crippen LogP contribution in [0.15, 0.2) is 54.7 Å². The van der Waals surface area contributed by atoms with Crippen LogP contribution in [0, 0.1) is 0 Å². The Morgan fingerprint density at radius 3 is 2.54 bits per heavy atom. The maximum absolute atomic E-state index is 13.9. The van der Waals surface area contributed by atoms with Crippen molar-refractivity contribution < 1.29 is 29.4 Å². The highest BCUT2D eigenvalue weighted by molar-refractivity contribution is 8.13. The van der Waals surface area contributed by atoms with Crippen LogP contribution >= 0.6 is 23.5 Å². The first-order chi connectivity index (χ1) is 17.7. The van der Waals surface area contributed by atoms with Gasteiger partial charge in [0.15, 0.2) is 5.12 Å². The number of amides is 1. The van der Waals surface area contributed by atoms with Crippen molar-refractivity contribution in [3.8, 4) is 5.75 Å². The molecule has 1 aliphatic heterocycles. The summed E-state index contributed by atoms with van der Waals surface area (Å²) in [6.45, 7) is 1.43. The lowest BCUT2D eigenvalue weighted by Crippen LogP contribution is -2.45. The van der Waals surface area contributed by atoms with Crippen molar-refractivity contribution in [3.63, 3.8) is 0 Å². The molecule has 2 aromatic carbocycles. The molecule has 1 amide bonds. The highest BCUT2D eigenvalue weighted by Gasteiger charge is 2.43. The zero-order valence-corrected chi connectivity index (χ0v) is 21.7. The first-order valence-corrected chi connectivity index (χ1v) is 13.7. The van der Waals surface area contributed by atoms with Crippen molar-refractivity contribution >= 4 is 57.3 Å². The first-order valence-electron chi connectivity index (χ1n) is 11.6. The molecule has 194 valence electrons. The van der Waals surface area contributed by atoms with E-state index in [9.17, 15) is 29.4 Å². The summed E-state index contributed by atoms with van der Waals surface area (Å²) in [4.78, 5) is 51.6. The molecule has 0 bridgehead atoms. The van der Waals surface area contributed by atoms with Gasteiger partial charge >= 0.3 is 5.97 Å². The Morgan fingerprint density at radius 1 is 1.14 bits per heavy atom. The fourth-order valence-electron chi connectivity index (χ4n) is 4.43. The van der Waals surface area contributed by atoms with Crippen LogP contribution in [0.25, 0.3) is 10.9 Å². The van der Waals surface area contributed by atoms with Gasteiger partial charge in [0.1, 0.15) is 23.2 Å². The lowest BCUT2D eigenvalue weighted by Gasteiger charge is -2.29. The number of hydrogen-bond donors (Lipinski definition) is 3. The molecule has 9 nitrogen and oxygen atoms in total. The second kappa shape index (κ2) is 11.4. The summed E-state index contributed by atoms with van der Waals surface area (Å²) in [5.41, 5.74) is 7.52. The second-order valence-electron chi connectivity index (χ2n) is 8.68. The van der Waals surface area contributed by atoms with E-state index in [1.54, 1.807) is 48.7 Å². The largest absolute Gasteiger partial charge is 0.508 e. The number of hydrogen-bond acceptors (Lipinski definition) is 8. The van der Waals surface area contributed by atoms with Crippen LogP contribution in [0.2, 0.25) is 0 Å². The number of rotatable bonds is 8. The number of para-hydroxylation sites is 2. The van der Waals surface area contributed by atoms with E-state index in [1.807, 2.05) is 0 Å². The number of benzene rings is 2. The Bertz CT molecular complexity index is 1360. The molecule has 4 rings (SSSR count). The van der Waals surface area contributed by atoms with E-state index < -0.39 is 23.4 Å². The number of carbonyl (C=O) groups excluding carboxylic acids is 3. The molecule has 2 heterocycles. The fourth-order valence-corrected chi connectivity index (χ4v) is 6.46. The van der Waals surface area contributed by atoms with Gasteiger partial charge in [0, 0.05) is 48.4 Å². The van der Waals surface area contributed by atoms with Gasteiger partial charge < -0.3 is 20.8 Å². The molecule has 1 aliphatic rings. The quantitative estimate of drug-likeness (QED) is 0.391. The number of aromatic hydroxyl groups is 1. The molecule has 1 saturated heterocycles. The van der Waals surface area contributed by atoms with Crippen LogP contribution in [0.4, 0.5) is 0 Å². The summed E-state index contributed by atoms with van der Waals surface area (Å²) in [6.07, 6.45) is 1.70. The Kier molecular flexibility index (Phi) is 8.25. The van der Waals surface area contributed by atoms with Crippen molar-refractivity contribution in [2.24, 2.45) is 5.73 Å². The number of thioether (sulfide) groups is 2. The molecule has 11 heteroatoms. The summed E-state index contributed by atoms with van der Waals surface area (Å²) in [5, 5.41) is 19.8. The number of phenols is 1. The van der Waals surface area contributed by atoms with E-state index in [4.69, 9.17) is 5.73 Å². The average molecular weight is 542 g/mol. The van der Waals surface area contributed by atoms with Crippen molar-refractivity contribution in [1.82, 2.24) is 9.47 Å². The van der Waals surface area contributed by atoms with Crippen LogP contribution < -0.4 is 5.73 Å². The van der Waals surface area contributed by atoms with Gasteiger partial charge in [0.2, 0.25) is 5.91 Å². The van der Waals surface area contributed by atoms with E-state index in [0.29, 0.717) is 27.8 Å². The molecular formula is C26H27N3O6S2. The third-order valence-electron chi connectivity index (χ3n) is 6.19. The number of aromatic nitrogens is 1. The zero-order chi connectivity index (χ0) is 26.7. The summed E-state index contributed by atoms with van der Waals surface area (Å²) >= 11 is 2.43. The van der Waals surface area contributed by atoms with Gasteiger partial charge in [-0.2, -0.15) is 0 Å². The summed E-state index contributed by atoms with van der Waals surface area (Å²) < 4.78 is 1.46. The Hall–Kier alpha value is -3.28. The SMILES string of the molecule is CC(=O)SCCC(=O)N1[C@@H](c2ccccc2O)SC[C@H]1C(=O)n1cc(C[C@H](N)C(=O)O)c2ccccc21. The molecule has 1 fully saturated rings. The smallest absolute Gasteiger partial charge is 0.320 e. The van der Waals surface area contributed by atoms with Gasteiger partial charge in [-0.1, -0.05) is 48.2 Å². The molecule has 1 aromatic heterocycles. The minimum atomic E-state index is -1.14. The predicted molar refractivity (Wildman–Crippen MR) is 144 cm³/mol. The van der Waals surface area contributed by atoms with Crippen LogP contribution in [-0.2, 0) is 20.8 Å². The number of nitrogens with two attached hydrogens (primary N) is 1. The highest BCUT2D eigenvalue weighted by atomic mass is 32.2. The molecular weight excluding hydrogens is 514 g/mol. The molecule has 37 heavy (non-hydrogen) atoms. The third kappa shape index (κ3) is 5.68. The van der Waals surface area contributed by atoms with E-state index in [2.05, 4.69) is 0 Å². The first kappa shape index (κ1) is 26.8. The molecule has 0 spiro atoms. The maximum Gasteiger partial charge on any atom is 0.320 e. The number of carbonyl (C=O) groups is 4. The molecule has 0 unspecified atom stereocenters. The second-order valence-corrected chi connectivity index (χ2v) is 11.1. The number of nitrogens with zero attached hydrogens (tertiary/aromatic N) is 2. The van der Waals surface area contributed by atoms with Gasteiger partial charge in [-0.3, -0.25) is 23.7 Å². The van der Waals surface area contributed by atoms with Gasteiger partial charge in [-0.25, -0.2) is 0 Å². The lowest BCUT2D eigenvalue weighted by atomic mass is 10.1. The Balaban J connectivity index is 1.70. The normalized spacial score (nSPS) is 18.2.